The van der Waals surface area contributed by atoms with Crippen LogP contribution < -0.4 is 11.2 Å². The number of thiophene rings is 1. The summed E-state index contributed by atoms with van der Waals surface area (Å²) in [6, 6.07) is 9.22. The first kappa shape index (κ1) is 15.4. The third-order valence-corrected chi connectivity index (χ3v) is 4.22. The van der Waals surface area contributed by atoms with E-state index in [-0.39, 0.29) is 28.6 Å². The predicted octanol–water partition coefficient (Wildman–Crippen LogP) is 2.95. The van der Waals surface area contributed by atoms with Crippen LogP contribution in [0.15, 0.2) is 41.8 Å². The number of carbonyl (C=O) groups is 1. The van der Waals surface area contributed by atoms with E-state index < -0.39 is 5.82 Å². The number of aromatic nitrogens is 3. The highest BCUT2D eigenvalue weighted by Gasteiger charge is 2.13. The molecule has 0 unspecified atom stereocenters. The van der Waals surface area contributed by atoms with E-state index >= 15 is 0 Å². The number of hydrogen-bond donors (Lipinski definition) is 2. The molecule has 2 heterocycles. The smallest absolute Gasteiger partial charge is 0.240 e. The van der Waals surface area contributed by atoms with Crippen molar-refractivity contribution in [3.8, 4) is 0 Å². The molecule has 1 aromatic carbocycles. The molecule has 3 aromatic rings. The van der Waals surface area contributed by atoms with Gasteiger partial charge in [0.15, 0.2) is 5.78 Å². The summed E-state index contributed by atoms with van der Waals surface area (Å²) in [6.45, 7) is -0.119. The number of rotatable bonds is 5. The molecule has 0 saturated heterocycles. The molecule has 0 atom stereocenters. The fourth-order valence-electron chi connectivity index (χ4n) is 1.97. The molecule has 0 aliphatic rings. The van der Waals surface area contributed by atoms with E-state index in [1.165, 1.54) is 38.9 Å². The van der Waals surface area contributed by atoms with Crippen LogP contribution in [0, 0.1) is 10.6 Å². The van der Waals surface area contributed by atoms with Crippen molar-refractivity contribution in [2.45, 2.75) is 6.54 Å². The van der Waals surface area contributed by atoms with Crippen LogP contribution in [0.3, 0.4) is 0 Å². The molecule has 2 aromatic heterocycles. The van der Waals surface area contributed by atoms with Gasteiger partial charge >= 0.3 is 0 Å². The second-order valence-corrected chi connectivity index (χ2v) is 5.97. The lowest BCUT2D eigenvalue weighted by Gasteiger charge is -2.04. The van der Waals surface area contributed by atoms with Gasteiger partial charge in [0.2, 0.25) is 10.7 Å². The number of ketones is 1. The van der Waals surface area contributed by atoms with Gasteiger partial charge in [-0.2, -0.15) is 4.68 Å². The average molecular weight is 349 g/mol. The van der Waals surface area contributed by atoms with E-state index in [0.29, 0.717) is 0 Å². The predicted molar refractivity (Wildman–Crippen MR) is 89.5 cm³/mol. The zero-order valence-corrected chi connectivity index (χ0v) is 13.4. The van der Waals surface area contributed by atoms with E-state index in [2.05, 4.69) is 10.5 Å². The lowest BCUT2D eigenvalue weighted by molar-refractivity contribution is 0.0966. The summed E-state index contributed by atoms with van der Waals surface area (Å²) in [5, 5.41) is 6.80. The highest BCUT2D eigenvalue weighted by atomic mass is 32.1. The molecular weight excluding hydrogens is 337 g/mol. The van der Waals surface area contributed by atoms with Crippen molar-refractivity contribution < 1.29 is 9.18 Å². The normalized spacial score (nSPS) is 10.7. The first-order chi connectivity index (χ1) is 11.0. The number of Topliss-reactive ketones (excluding diaryl/α,β-unsaturated/α-hetero) is 1. The standard InChI is InChI=1S/C14H12FN5OS2/c15-10-4-1-3-9(7-10)11(21)8-19-14(22)20(13(16)18-19)17-12-5-2-6-23-12/h1-7,17H,8H2,(H2,16,18). The van der Waals surface area contributed by atoms with Gasteiger partial charge in [0.1, 0.15) is 17.4 Å². The summed E-state index contributed by atoms with van der Waals surface area (Å²) in [6.07, 6.45) is 0. The van der Waals surface area contributed by atoms with E-state index in [0.717, 1.165) is 5.00 Å². The highest BCUT2D eigenvalue weighted by molar-refractivity contribution is 7.71. The van der Waals surface area contributed by atoms with Gasteiger partial charge in [0, 0.05) is 5.56 Å². The first-order valence-corrected chi connectivity index (χ1v) is 7.88. The van der Waals surface area contributed by atoms with Gasteiger partial charge in [-0.15, -0.1) is 16.4 Å². The van der Waals surface area contributed by atoms with Gasteiger partial charge in [-0.3, -0.25) is 10.2 Å². The molecule has 118 valence electrons. The van der Waals surface area contributed by atoms with Crippen LogP contribution in [0.25, 0.3) is 0 Å². The van der Waals surface area contributed by atoms with Crippen molar-refractivity contribution in [2.24, 2.45) is 0 Å². The van der Waals surface area contributed by atoms with Crippen molar-refractivity contribution in [1.29, 1.82) is 0 Å². The molecule has 0 radical (unpaired) electrons. The van der Waals surface area contributed by atoms with Crippen molar-refractivity contribution in [1.82, 2.24) is 14.5 Å². The van der Waals surface area contributed by atoms with Crippen molar-refractivity contribution in [3.05, 3.63) is 57.9 Å². The first-order valence-electron chi connectivity index (χ1n) is 6.59. The maximum Gasteiger partial charge on any atom is 0.240 e. The Bertz CT molecular complexity index is 900. The quantitative estimate of drug-likeness (QED) is 0.547. The van der Waals surface area contributed by atoms with Crippen molar-refractivity contribution in [2.75, 3.05) is 11.2 Å². The molecule has 0 saturated carbocycles. The maximum absolute atomic E-state index is 13.2. The number of halogens is 1. The van der Waals surface area contributed by atoms with Crippen molar-refractivity contribution >= 4 is 40.3 Å². The van der Waals surface area contributed by atoms with Gasteiger partial charge in [0.05, 0.1) is 0 Å². The third-order valence-electron chi connectivity index (χ3n) is 3.05. The Morgan fingerprint density at radius 3 is 2.91 bits per heavy atom. The highest BCUT2D eigenvalue weighted by Crippen LogP contribution is 2.17. The number of anilines is 2. The minimum absolute atomic E-state index is 0.119. The molecule has 3 N–H and O–H groups in total. The summed E-state index contributed by atoms with van der Waals surface area (Å²) >= 11 is 6.76. The molecule has 0 bridgehead atoms. The molecule has 0 fully saturated rings. The Kier molecular flexibility index (Phi) is 4.22. The second kappa shape index (κ2) is 6.31. The number of benzene rings is 1. The second-order valence-electron chi connectivity index (χ2n) is 4.66. The Hall–Kier alpha value is -2.52. The van der Waals surface area contributed by atoms with Crippen LogP contribution in [0.5, 0.6) is 0 Å². The Morgan fingerprint density at radius 1 is 1.39 bits per heavy atom. The minimum Gasteiger partial charge on any atom is -0.366 e. The van der Waals surface area contributed by atoms with Crippen LogP contribution in [-0.2, 0) is 6.54 Å². The molecule has 3 rings (SSSR count). The lowest BCUT2D eigenvalue weighted by Crippen LogP contribution is -2.14. The number of nitrogen functional groups attached to an aromatic ring is 1. The molecule has 23 heavy (non-hydrogen) atoms. The van der Waals surface area contributed by atoms with Crippen LogP contribution >= 0.6 is 23.6 Å². The minimum atomic E-state index is -0.469. The molecule has 0 amide bonds. The van der Waals surface area contributed by atoms with Crippen LogP contribution in [0.4, 0.5) is 15.3 Å². The SMILES string of the molecule is Nc1nn(CC(=O)c2cccc(F)c2)c(=S)n1Nc1cccs1. The zero-order chi connectivity index (χ0) is 16.4. The van der Waals surface area contributed by atoms with Gasteiger partial charge in [-0.05, 0) is 41.9 Å². The zero-order valence-electron chi connectivity index (χ0n) is 11.8. The number of carbonyl (C=O) groups excluding carboxylic acids is 1. The Labute approximate surface area is 139 Å². The topological polar surface area (TPSA) is 77.9 Å². The summed E-state index contributed by atoms with van der Waals surface area (Å²) in [4.78, 5) is 12.2. The van der Waals surface area contributed by atoms with Gasteiger partial charge in [0.25, 0.3) is 0 Å². The van der Waals surface area contributed by atoms with Gasteiger partial charge in [-0.1, -0.05) is 12.1 Å². The number of nitrogens with zero attached hydrogens (tertiary/aromatic N) is 3. The third kappa shape index (κ3) is 3.30. The average Bonchev–Trinajstić information content (AvgIpc) is 3.12. The molecule has 9 heteroatoms. The molecule has 6 nitrogen and oxygen atoms in total. The molecular formula is C14H12FN5OS2. The van der Waals surface area contributed by atoms with Crippen LogP contribution in [0.1, 0.15) is 10.4 Å². The molecule has 0 aliphatic carbocycles. The summed E-state index contributed by atoms with van der Waals surface area (Å²) < 4.78 is 16.2. The van der Waals surface area contributed by atoms with Gasteiger partial charge in [-0.25, -0.2) is 9.07 Å². The number of nitrogens with one attached hydrogen (secondary N) is 1. The Balaban J connectivity index is 1.84. The molecule has 0 spiro atoms. The summed E-state index contributed by atoms with van der Waals surface area (Å²) in [7, 11) is 0. The summed E-state index contributed by atoms with van der Waals surface area (Å²) in [5.41, 5.74) is 9.10. The number of hydrogen-bond acceptors (Lipinski definition) is 6. The van der Waals surface area contributed by atoms with Crippen LogP contribution in [-0.4, -0.2) is 20.2 Å². The number of nitrogens with two attached hydrogens (primary N) is 1. The Morgan fingerprint density at radius 2 is 2.22 bits per heavy atom. The van der Waals surface area contributed by atoms with Crippen molar-refractivity contribution in [3.63, 3.8) is 0 Å². The monoisotopic (exact) mass is 349 g/mol. The van der Waals surface area contributed by atoms with E-state index in [1.54, 1.807) is 6.07 Å². The molecule has 0 aliphatic heterocycles. The van der Waals surface area contributed by atoms with Gasteiger partial charge < -0.3 is 5.73 Å². The van der Waals surface area contributed by atoms with E-state index in [4.69, 9.17) is 18.0 Å². The van der Waals surface area contributed by atoms with E-state index in [9.17, 15) is 9.18 Å². The fourth-order valence-corrected chi connectivity index (χ4v) is 2.82. The lowest BCUT2D eigenvalue weighted by atomic mass is 10.1. The summed E-state index contributed by atoms with van der Waals surface area (Å²) in [5.74, 6) is -0.638. The fraction of sp³-hybridized carbons (Fsp3) is 0.0714. The maximum atomic E-state index is 13.2. The largest absolute Gasteiger partial charge is 0.366 e. The van der Waals surface area contributed by atoms with Crippen LogP contribution in [0.2, 0.25) is 0 Å². The van der Waals surface area contributed by atoms with E-state index in [1.807, 2.05) is 17.5 Å².